The Morgan fingerprint density at radius 1 is 1.39 bits per heavy atom. The van der Waals surface area contributed by atoms with Crippen molar-refractivity contribution >= 4 is 34.9 Å². The van der Waals surface area contributed by atoms with E-state index in [2.05, 4.69) is 22.5 Å². The molecular weight excluding hydrogens is 318 g/mol. The Hall–Kier alpha value is -1.79. The number of carboxylic acids is 1. The van der Waals surface area contributed by atoms with Crippen molar-refractivity contribution in [1.29, 1.82) is 0 Å². The number of anilines is 2. The number of hydrogen-bond donors (Lipinski definition) is 3. The molecule has 1 fully saturated rings. The quantitative estimate of drug-likeness (QED) is 0.665. The first-order chi connectivity index (χ1) is 11.0. The summed E-state index contributed by atoms with van der Waals surface area (Å²) in [6, 6.07) is 5.01. The van der Waals surface area contributed by atoms with E-state index in [1.54, 1.807) is 6.07 Å². The van der Waals surface area contributed by atoms with Crippen LogP contribution in [0.15, 0.2) is 18.2 Å². The van der Waals surface area contributed by atoms with Crippen molar-refractivity contribution in [3.63, 3.8) is 0 Å². The maximum atomic E-state index is 11.5. The van der Waals surface area contributed by atoms with Crippen molar-refractivity contribution < 1.29 is 14.7 Å². The van der Waals surface area contributed by atoms with Gasteiger partial charge in [0.25, 0.3) is 0 Å². The number of carbonyl (C=O) groups is 2. The van der Waals surface area contributed by atoms with Crippen LogP contribution in [0.25, 0.3) is 0 Å². The third-order valence-electron chi connectivity index (χ3n) is 4.10. The van der Waals surface area contributed by atoms with Crippen LogP contribution in [0.2, 0.25) is 0 Å². The van der Waals surface area contributed by atoms with Crippen LogP contribution in [0, 0.1) is 0 Å². The molecule has 1 amide bonds. The van der Waals surface area contributed by atoms with E-state index in [1.807, 2.05) is 0 Å². The highest BCUT2D eigenvalue weighted by atomic mass is 35.5. The summed E-state index contributed by atoms with van der Waals surface area (Å²) in [7, 11) is 0. The summed E-state index contributed by atoms with van der Waals surface area (Å²) in [6.07, 6.45) is 2.29. The van der Waals surface area contributed by atoms with Gasteiger partial charge in [-0.2, -0.15) is 0 Å². The fourth-order valence-corrected chi connectivity index (χ4v) is 2.95. The second-order valence-corrected chi connectivity index (χ2v) is 5.82. The smallest absolute Gasteiger partial charge is 0.335 e. The predicted molar refractivity (Wildman–Crippen MR) is 91.5 cm³/mol. The molecule has 0 bridgehead atoms. The Morgan fingerprint density at radius 3 is 2.83 bits per heavy atom. The largest absolute Gasteiger partial charge is 0.478 e. The third-order valence-corrected chi connectivity index (χ3v) is 4.34. The van der Waals surface area contributed by atoms with E-state index in [0.29, 0.717) is 24.0 Å². The molecule has 6 nitrogen and oxygen atoms in total. The van der Waals surface area contributed by atoms with E-state index >= 15 is 0 Å². The molecule has 1 heterocycles. The Morgan fingerprint density at radius 2 is 2.17 bits per heavy atom. The minimum absolute atomic E-state index is 0.146. The van der Waals surface area contributed by atoms with Gasteiger partial charge < -0.3 is 15.7 Å². The fraction of sp³-hybridized carbons (Fsp3) is 0.500. The average Bonchev–Trinajstić information content (AvgIpc) is 3.01. The van der Waals surface area contributed by atoms with Gasteiger partial charge in [-0.25, -0.2) is 4.79 Å². The number of amides is 1. The van der Waals surface area contributed by atoms with Gasteiger partial charge >= 0.3 is 5.97 Å². The summed E-state index contributed by atoms with van der Waals surface area (Å²) in [5.41, 5.74) is 1.32. The second kappa shape index (κ2) is 8.17. The lowest BCUT2D eigenvalue weighted by Gasteiger charge is -2.24. The first-order valence-corrected chi connectivity index (χ1v) is 8.29. The monoisotopic (exact) mass is 339 g/mol. The molecule has 23 heavy (non-hydrogen) atoms. The zero-order valence-electron chi connectivity index (χ0n) is 13.1. The molecule has 1 aromatic rings. The molecule has 0 aromatic heterocycles. The number of carboxylic acid groups (broad SMARTS) is 1. The van der Waals surface area contributed by atoms with Gasteiger partial charge in [-0.05, 0) is 44.1 Å². The zero-order chi connectivity index (χ0) is 16.8. The van der Waals surface area contributed by atoms with Gasteiger partial charge in [-0.15, -0.1) is 11.6 Å². The number of alkyl halides is 1. The molecule has 0 spiro atoms. The van der Waals surface area contributed by atoms with E-state index < -0.39 is 5.97 Å². The van der Waals surface area contributed by atoms with Crippen molar-refractivity contribution in [2.45, 2.75) is 25.8 Å². The van der Waals surface area contributed by atoms with Crippen molar-refractivity contribution in [1.82, 2.24) is 4.90 Å². The number of aromatic carboxylic acids is 1. The zero-order valence-corrected chi connectivity index (χ0v) is 13.9. The lowest BCUT2D eigenvalue weighted by Crippen LogP contribution is -2.34. The van der Waals surface area contributed by atoms with Gasteiger partial charge in [0.05, 0.1) is 16.9 Å². The molecule has 0 radical (unpaired) electrons. The van der Waals surface area contributed by atoms with Gasteiger partial charge in [0.15, 0.2) is 0 Å². The van der Waals surface area contributed by atoms with Crippen LogP contribution >= 0.6 is 11.6 Å². The van der Waals surface area contributed by atoms with Gasteiger partial charge in [-0.3, -0.25) is 9.69 Å². The first-order valence-electron chi connectivity index (χ1n) is 7.76. The van der Waals surface area contributed by atoms with Gasteiger partial charge in [0, 0.05) is 12.6 Å². The summed E-state index contributed by atoms with van der Waals surface area (Å²) in [4.78, 5) is 25.1. The van der Waals surface area contributed by atoms with Crippen molar-refractivity contribution in [3.8, 4) is 0 Å². The van der Waals surface area contributed by atoms with E-state index in [0.717, 1.165) is 19.5 Å². The van der Waals surface area contributed by atoms with Crippen molar-refractivity contribution in [2.24, 2.45) is 0 Å². The molecule has 2 rings (SSSR count). The number of nitrogens with one attached hydrogen (secondary N) is 2. The van der Waals surface area contributed by atoms with Crippen LogP contribution in [0.1, 0.15) is 30.1 Å². The third kappa shape index (κ3) is 4.59. The topological polar surface area (TPSA) is 81.7 Å². The summed E-state index contributed by atoms with van der Waals surface area (Å²) in [5.74, 6) is -1.47. The molecule has 126 valence electrons. The summed E-state index contributed by atoms with van der Waals surface area (Å²) < 4.78 is 0. The molecule has 1 aliphatic heterocycles. The second-order valence-electron chi connectivity index (χ2n) is 5.55. The van der Waals surface area contributed by atoms with E-state index in [4.69, 9.17) is 16.7 Å². The lowest BCUT2D eigenvalue weighted by atomic mass is 10.1. The van der Waals surface area contributed by atoms with E-state index in [1.165, 1.54) is 18.6 Å². The summed E-state index contributed by atoms with van der Waals surface area (Å²) in [6.45, 7) is 4.93. The predicted octanol–water partition coefficient (Wildman–Crippen LogP) is 2.46. The van der Waals surface area contributed by atoms with Gasteiger partial charge in [0.1, 0.15) is 5.88 Å². The minimum Gasteiger partial charge on any atom is -0.478 e. The van der Waals surface area contributed by atoms with Crippen LogP contribution < -0.4 is 10.6 Å². The maximum Gasteiger partial charge on any atom is 0.335 e. The Kier molecular flexibility index (Phi) is 6.24. The summed E-state index contributed by atoms with van der Waals surface area (Å²) >= 11 is 5.52. The molecule has 1 atom stereocenters. The van der Waals surface area contributed by atoms with E-state index in [9.17, 15) is 9.59 Å². The highest BCUT2D eigenvalue weighted by molar-refractivity contribution is 6.29. The number of halogens is 1. The molecule has 1 saturated heterocycles. The number of carbonyl (C=O) groups excluding carboxylic acids is 1. The molecule has 0 aliphatic carbocycles. The van der Waals surface area contributed by atoms with Crippen LogP contribution in [0.4, 0.5) is 11.4 Å². The Balaban J connectivity index is 2.14. The molecule has 0 saturated carbocycles. The van der Waals surface area contributed by atoms with Crippen molar-refractivity contribution in [2.75, 3.05) is 36.1 Å². The number of nitrogens with zero attached hydrogens (tertiary/aromatic N) is 1. The highest BCUT2D eigenvalue weighted by Crippen LogP contribution is 2.25. The molecule has 3 N–H and O–H groups in total. The van der Waals surface area contributed by atoms with E-state index in [-0.39, 0.29) is 17.4 Å². The number of rotatable bonds is 7. The number of benzene rings is 1. The van der Waals surface area contributed by atoms with Crippen LogP contribution in [-0.4, -0.2) is 53.4 Å². The summed E-state index contributed by atoms with van der Waals surface area (Å²) in [5, 5.41) is 15.1. The molecule has 7 heteroatoms. The molecule has 1 unspecified atom stereocenters. The standard InChI is InChI=1S/C16H22ClN3O3/c1-2-20-7-3-4-12(20)10-18-14-8-11(16(22)23)5-6-13(14)19-15(21)9-17/h5-6,8,12,18H,2-4,7,9-10H2,1H3,(H,19,21)(H,22,23). The van der Waals surface area contributed by atoms with Crippen molar-refractivity contribution in [3.05, 3.63) is 23.8 Å². The Labute approximate surface area is 140 Å². The molecular formula is C16H22ClN3O3. The Bertz CT molecular complexity index is 580. The number of likely N-dealkylation sites (tertiary alicyclic amines) is 1. The molecule has 1 aromatic carbocycles. The number of hydrogen-bond acceptors (Lipinski definition) is 4. The SMILES string of the molecule is CCN1CCCC1CNc1cc(C(=O)O)ccc1NC(=O)CCl. The van der Waals surface area contributed by atoms with Crippen LogP contribution in [0.5, 0.6) is 0 Å². The normalized spacial score (nSPS) is 17.9. The van der Waals surface area contributed by atoms with Crippen LogP contribution in [-0.2, 0) is 4.79 Å². The molecule has 1 aliphatic rings. The van der Waals surface area contributed by atoms with Crippen LogP contribution in [0.3, 0.4) is 0 Å². The lowest BCUT2D eigenvalue weighted by molar-refractivity contribution is -0.113. The number of likely N-dealkylation sites (N-methyl/N-ethyl adjacent to an activating group) is 1. The first kappa shape index (κ1) is 17.6. The van der Waals surface area contributed by atoms with Gasteiger partial charge in [0.2, 0.25) is 5.91 Å². The average molecular weight is 340 g/mol. The fourth-order valence-electron chi connectivity index (χ4n) is 2.89. The minimum atomic E-state index is -1.00. The maximum absolute atomic E-state index is 11.5. The highest BCUT2D eigenvalue weighted by Gasteiger charge is 2.23. The van der Waals surface area contributed by atoms with Gasteiger partial charge in [-0.1, -0.05) is 6.92 Å².